The zero-order chi connectivity index (χ0) is 15.6. The molecule has 5 N–H and O–H groups in total. The highest BCUT2D eigenvalue weighted by Crippen LogP contribution is 2.15. The van der Waals surface area contributed by atoms with Crippen LogP contribution in [0.25, 0.3) is 0 Å². The summed E-state index contributed by atoms with van der Waals surface area (Å²) in [5.41, 5.74) is -3.37. The van der Waals surface area contributed by atoms with Gasteiger partial charge in [-0.1, -0.05) is 24.9 Å². The second kappa shape index (κ2) is 9.54. The van der Waals surface area contributed by atoms with Gasteiger partial charge in [0.15, 0.2) is 5.60 Å². The number of hydrogen-bond acceptors (Lipinski definition) is 5. The standard InChI is InChI=1S/C6H8O7.C4H9ClO/c7-3(8)1-6(13,5(11)12)2-4(9)10;1-2-3-4(5)6/h13H,1-2H2,(H,7,8)(H,9,10)(H,11,12);4,6H,2-3H2,1H3. The zero-order valence-corrected chi connectivity index (χ0v) is 11.0. The third-order valence-corrected chi connectivity index (χ3v) is 2.03. The molecular formula is C10H17ClO8. The van der Waals surface area contributed by atoms with Gasteiger partial charge in [-0.3, -0.25) is 9.59 Å². The molecular weight excluding hydrogens is 284 g/mol. The lowest BCUT2D eigenvalue weighted by Crippen LogP contribution is -2.42. The molecule has 1 atom stereocenters. The number of aliphatic hydroxyl groups excluding tert-OH is 1. The molecule has 0 amide bonds. The third-order valence-electron chi connectivity index (χ3n) is 1.81. The van der Waals surface area contributed by atoms with Gasteiger partial charge in [-0.15, -0.1) is 0 Å². The number of aliphatic hydroxyl groups is 2. The first kappa shape index (κ1) is 19.9. The number of aliphatic carboxylic acids is 3. The molecule has 0 radical (unpaired) electrons. The maximum atomic E-state index is 10.3. The van der Waals surface area contributed by atoms with Crippen molar-refractivity contribution in [2.75, 3.05) is 0 Å². The fraction of sp³-hybridized carbons (Fsp3) is 0.700. The number of alkyl halides is 1. The highest BCUT2D eigenvalue weighted by atomic mass is 35.5. The zero-order valence-electron chi connectivity index (χ0n) is 10.2. The summed E-state index contributed by atoms with van der Waals surface area (Å²) in [5, 5.41) is 42.1. The van der Waals surface area contributed by atoms with Gasteiger partial charge in [0.1, 0.15) is 5.56 Å². The highest BCUT2D eigenvalue weighted by Gasteiger charge is 2.40. The van der Waals surface area contributed by atoms with Crippen molar-refractivity contribution in [3.63, 3.8) is 0 Å². The molecule has 0 aliphatic rings. The minimum Gasteiger partial charge on any atom is -0.481 e. The van der Waals surface area contributed by atoms with E-state index < -0.39 is 41.9 Å². The second-order valence-electron chi connectivity index (χ2n) is 3.70. The van der Waals surface area contributed by atoms with Crippen molar-refractivity contribution >= 4 is 29.5 Å². The average molecular weight is 301 g/mol. The molecule has 0 aliphatic carbocycles. The largest absolute Gasteiger partial charge is 0.481 e. The first-order valence-electron chi connectivity index (χ1n) is 5.26. The van der Waals surface area contributed by atoms with Gasteiger partial charge in [-0.25, -0.2) is 4.79 Å². The Kier molecular flexibility index (Phi) is 10.0. The molecule has 0 aromatic carbocycles. The van der Waals surface area contributed by atoms with Crippen molar-refractivity contribution in [1.82, 2.24) is 0 Å². The van der Waals surface area contributed by atoms with E-state index in [2.05, 4.69) is 0 Å². The summed E-state index contributed by atoms with van der Waals surface area (Å²) < 4.78 is 0. The summed E-state index contributed by atoms with van der Waals surface area (Å²) >= 11 is 5.13. The van der Waals surface area contributed by atoms with Crippen LogP contribution in [0.15, 0.2) is 0 Å². The van der Waals surface area contributed by atoms with Crippen molar-refractivity contribution in [3.8, 4) is 0 Å². The van der Waals surface area contributed by atoms with Crippen LogP contribution in [0, 0.1) is 0 Å². The van der Waals surface area contributed by atoms with Crippen LogP contribution in [0.4, 0.5) is 0 Å². The molecule has 0 aliphatic heterocycles. The molecule has 0 fully saturated rings. The molecule has 8 nitrogen and oxygen atoms in total. The summed E-state index contributed by atoms with van der Waals surface area (Å²) in [6.07, 6.45) is -0.643. The summed E-state index contributed by atoms with van der Waals surface area (Å²) in [5.74, 6) is -5.02. The third kappa shape index (κ3) is 11.4. The molecule has 1 unspecified atom stereocenters. The van der Waals surface area contributed by atoms with Gasteiger partial charge in [0, 0.05) is 0 Å². The van der Waals surface area contributed by atoms with Crippen LogP contribution in [0.3, 0.4) is 0 Å². The Labute approximate surface area is 114 Å². The van der Waals surface area contributed by atoms with Crippen LogP contribution in [-0.2, 0) is 14.4 Å². The van der Waals surface area contributed by atoms with E-state index in [1.807, 2.05) is 6.92 Å². The van der Waals surface area contributed by atoms with Crippen molar-refractivity contribution in [2.45, 2.75) is 43.8 Å². The van der Waals surface area contributed by atoms with E-state index in [1.165, 1.54) is 0 Å². The van der Waals surface area contributed by atoms with Crippen molar-refractivity contribution in [3.05, 3.63) is 0 Å². The number of carbonyl (C=O) groups is 3. The van der Waals surface area contributed by atoms with E-state index in [0.717, 1.165) is 6.42 Å². The molecule has 112 valence electrons. The summed E-state index contributed by atoms with van der Waals surface area (Å²) in [6.45, 7) is 1.98. The van der Waals surface area contributed by atoms with Gasteiger partial charge in [-0.05, 0) is 6.42 Å². The number of carboxylic acid groups (broad SMARTS) is 3. The predicted octanol–water partition coefficient (Wildman–Crippen LogP) is 0.0952. The summed E-state index contributed by atoms with van der Waals surface area (Å²) in [7, 11) is 0. The lowest BCUT2D eigenvalue weighted by atomic mass is 9.96. The van der Waals surface area contributed by atoms with Crippen LogP contribution in [0.5, 0.6) is 0 Å². The molecule has 19 heavy (non-hydrogen) atoms. The van der Waals surface area contributed by atoms with Gasteiger partial charge in [0.25, 0.3) is 0 Å². The van der Waals surface area contributed by atoms with Crippen LogP contribution >= 0.6 is 11.6 Å². The Morgan fingerprint density at radius 3 is 1.58 bits per heavy atom. The summed E-state index contributed by atoms with van der Waals surface area (Å²) in [6, 6.07) is 0. The van der Waals surface area contributed by atoms with Crippen molar-refractivity contribution < 1.29 is 39.9 Å². The number of halogens is 1. The van der Waals surface area contributed by atoms with Crippen LogP contribution in [0.1, 0.15) is 32.6 Å². The first-order chi connectivity index (χ1) is 8.55. The second-order valence-corrected chi connectivity index (χ2v) is 4.20. The quantitative estimate of drug-likeness (QED) is 0.415. The lowest BCUT2D eigenvalue weighted by molar-refractivity contribution is -0.170. The van der Waals surface area contributed by atoms with E-state index in [-0.39, 0.29) is 0 Å². The normalized spacial score (nSPS) is 12.0. The molecule has 0 spiro atoms. The highest BCUT2D eigenvalue weighted by molar-refractivity contribution is 6.19. The number of hydrogen-bond donors (Lipinski definition) is 5. The van der Waals surface area contributed by atoms with E-state index in [9.17, 15) is 14.4 Å². The van der Waals surface area contributed by atoms with E-state index in [0.29, 0.717) is 6.42 Å². The molecule has 0 aromatic heterocycles. The van der Waals surface area contributed by atoms with Gasteiger partial charge in [-0.2, -0.15) is 0 Å². The van der Waals surface area contributed by atoms with Crippen LogP contribution in [0.2, 0.25) is 0 Å². The van der Waals surface area contributed by atoms with Crippen LogP contribution < -0.4 is 0 Å². The van der Waals surface area contributed by atoms with E-state index in [1.54, 1.807) is 0 Å². The van der Waals surface area contributed by atoms with Crippen LogP contribution in [-0.4, -0.2) is 54.6 Å². The maximum absolute atomic E-state index is 10.3. The Hall–Kier alpha value is -1.38. The van der Waals surface area contributed by atoms with E-state index >= 15 is 0 Å². The maximum Gasteiger partial charge on any atom is 0.336 e. The fourth-order valence-corrected chi connectivity index (χ4v) is 1.17. The van der Waals surface area contributed by atoms with E-state index in [4.69, 9.17) is 37.1 Å². The molecule has 9 heteroatoms. The van der Waals surface area contributed by atoms with Gasteiger partial charge >= 0.3 is 17.9 Å². The smallest absolute Gasteiger partial charge is 0.336 e. The summed E-state index contributed by atoms with van der Waals surface area (Å²) in [4.78, 5) is 30.5. The topological polar surface area (TPSA) is 152 Å². The first-order valence-corrected chi connectivity index (χ1v) is 5.70. The fourth-order valence-electron chi connectivity index (χ4n) is 0.952. The Morgan fingerprint density at radius 1 is 1.11 bits per heavy atom. The van der Waals surface area contributed by atoms with Gasteiger partial charge < -0.3 is 25.5 Å². The average Bonchev–Trinajstić information content (AvgIpc) is 2.14. The molecule has 0 rings (SSSR count). The minimum absolute atomic E-state index is 0.630. The van der Waals surface area contributed by atoms with Crippen molar-refractivity contribution in [2.24, 2.45) is 0 Å². The number of carboxylic acids is 3. The SMILES string of the molecule is CCCC(O)Cl.O=C(O)CC(O)(CC(=O)O)C(=O)O. The monoisotopic (exact) mass is 300 g/mol. The minimum atomic E-state index is -2.74. The number of rotatable bonds is 7. The Bertz CT molecular complexity index is 299. The Balaban J connectivity index is 0. The molecule has 0 saturated heterocycles. The predicted molar refractivity (Wildman–Crippen MR) is 63.9 cm³/mol. The van der Waals surface area contributed by atoms with Crippen molar-refractivity contribution in [1.29, 1.82) is 0 Å². The lowest BCUT2D eigenvalue weighted by Gasteiger charge is -2.18. The van der Waals surface area contributed by atoms with Gasteiger partial charge in [0.05, 0.1) is 12.8 Å². The Morgan fingerprint density at radius 2 is 1.47 bits per heavy atom. The molecule has 0 saturated carbocycles. The molecule has 0 bridgehead atoms. The molecule has 0 aromatic rings. The molecule has 0 heterocycles. The van der Waals surface area contributed by atoms with Gasteiger partial charge in [0.2, 0.25) is 0 Å².